The van der Waals surface area contributed by atoms with Crippen molar-refractivity contribution in [1.29, 1.82) is 0 Å². The Balaban J connectivity index is 1.57. The minimum Gasteiger partial charge on any atom is -0.448 e. The second-order valence-corrected chi connectivity index (χ2v) is 8.74. The number of aliphatic hydroxyl groups is 1. The SMILES string of the molecule is C=CCOC(=O)NC1C(=O)N2C(C(=O)OC(c3ccccc3)c3ccccc3)=C(CO)CS[C@@H]12. The predicted molar refractivity (Wildman–Crippen MR) is 126 cm³/mol. The quantitative estimate of drug-likeness (QED) is 0.340. The molecule has 2 amide bonds. The lowest BCUT2D eigenvalue weighted by Crippen LogP contribution is -2.70. The van der Waals surface area contributed by atoms with Gasteiger partial charge in [-0.3, -0.25) is 9.69 Å². The number of β-lactam (4-membered cyclic amide) rings is 1. The third-order valence-electron chi connectivity index (χ3n) is 5.47. The number of alkyl carbamates (subject to hydrolysis) is 1. The maximum Gasteiger partial charge on any atom is 0.408 e. The molecule has 1 unspecified atom stereocenters. The molecule has 0 spiro atoms. The monoisotopic (exact) mass is 480 g/mol. The molecule has 2 aromatic carbocycles. The van der Waals surface area contributed by atoms with Gasteiger partial charge in [0.15, 0.2) is 6.10 Å². The van der Waals surface area contributed by atoms with Crippen molar-refractivity contribution in [1.82, 2.24) is 10.2 Å². The second-order valence-electron chi connectivity index (χ2n) is 7.64. The standard InChI is InChI=1S/C25H24N2O6S/c1-2-13-32-25(31)26-19-22(29)27-20(18(14-28)15-34-23(19)27)24(30)33-21(16-9-5-3-6-10-16)17-11-7-4-8-12-17/h2-12,19,21,23,28H,1,13-15H2,(H,26,31)/t19?,23-/m0/s1. The maximum atomic E-state index is 13.4. The number of aliphatic hydroxyl groups excluding tert-OH is 1. The molecule has 176 valence electrons. The number of carbonyl (C=O) groups excluding carboxylic acids is 3. The molecule has 2 atom stereocenters. The molecule has 34 heavy (non-hydrogen) atoms. The minimum absolute atomic E-state index is 0.0147. The van der Waals surface area contributed by atoms with Crippen LogP contribution in [0.1, 0.15) is 17.2 Å². The van der Waals surface area contributed by atoms with Gasteiger partial charge < -0.3 is 19.9 Å². The number of amides is 2. The number of carbonyl (C=O) groups is 3. The van der Waals surface area contributed by atoms with Crippen LogP contribution in [0.25, 0.3) is 0 Å². The second kappa shape index (κ2) is 10.6. The Bertz CT molecular complexity index is 1070. The number of benzene rings is 2. The van der Waals surface area contributed by atoms with Crippen LogP contribution in [0.4, 0.5) is 4.79 Å². The van der Waals surface area contributed by atoms with Crippen LogP contribution in [0.15, 0.2) is 84.6 Å². The number of nitrogens with one attached hydrogen (secondary N) is 1. The summed E-state index contributed by atoms with van der Waals surface area (Å²) in [7, 11) is 0. The average Bonchev–Trinajstić information content (AvgIpc) is 2.89. The Labute approximate surface area is 201 Å². The minimum atomic E-state index is -0.843. The summed E-state index contributed by atoms with van der Waals surface area (Å²) in [6, 6.07) is 17.7. The summed E-state index contributed by atoms with van der Waals surface area (Å²) in [5.74, 6) is -0.869. The van der Waals surface area contributed by atoms with Crippen LogP contribution < -0.4 is 5.32 Å². The Morgan fingerprint density at radius 1 is 1.15 bits per heavy atom. The first-order valence-corrected chi connectivity index (χ1v) is 11.7. The molecule has 0 saturated carbocycles. The topological polar surface area (TPSA) is 105 Å². The third-order valence-corrected chi connectivity index (χ3v) is 6.81. The van der Waals surface area contributed by atoms with E-state index in [2.05, 4.69) is 11.9 Å². The Hall–Kier alpha value is -3.56. The lowest BCUT2D eigenvalue weighted by atomic mass is 10.0. The molecule has 1 fully saturated rings. The molecule has 0 bridgehead atoms. The van der Waals surface area contributed by atoms with Crippen LogP contribution in [0.5, 0.6) is 0 Å². The van der Waals surface area contributed by atoms with Gasteiger partial charge in [-0.15, -0.1) is 11.8 Å². The van der Waals surface area contributed by atoms with E-state index in [1.165, 1.54) is 22.7 Å². The van der Waals surface area contributed by atoms with Crippen molar-refractivity contribution in [3.05, 3.63) is 95.7 Å². The first kappa shape index (κ1) is 23.6. The molecule has 1 saturated heterocycles. The van der Waals surface area contributed by atoms with E-state index in [0.717, 1.165) is 11.1 Å². The van der Waals surface area contributed by atoms with E-state index in [9.17, 15) is 19.5 Å². The summed E-state index contributed by atoms with van der Waals surface area (Å²) < 4.78 is 10.8. The molecule has 8 nitrogen and oxygen atoms in total. The molecular weight excluding hydrogens is 456 g/mol. The first-order valence-electron chi connectivity index (χ1n) is 10.7. The van der Waals surface area contributed by atoms with Gasteiger partial charge in [0, 0.05) is 5.75 Å². The lowest BCUT2D eigenvalue weighted by molar-refractivity contribution is -0.153. The zero-order valence-electron chi connectivity index (χ0n) is 18.3. The Kier molecular flexibility index (Phi) is 7.34. The number of fused-ring (bicyclic) bond motifs is 1. The fourth-order valence-electron chi connectivity index (χ4n) is 3.84. The van der Waals surface area contributed by atoms with Gasteiger partial charge >= 0.3 is 12.1 Å². The third kappa shape index (κ3) is 4.71. The smallest absolute Gasteiger partial charge is 0.408 e. The van der Waals surface area contributed by atoms with Crippen molar-refractivity contribution >= 4 is 29.7 Å². The molecule has 2 aliphatic rings. The number of ether oxygens (including phenoxy) is 2. The summed E-state index contributed by atoms with van der Waals surface area (Å²) in [5.41, 5.74) is 1.96. The number of esters is 1. The van der Waals surface area contributed by atoms with E-state index in [4.69, 9.17) is 9.47 Å². The Morgan fingerprint density at radius 2 is 1.76 bits per heavy atom. The number of hydrogen-bond acceptors (Lipinski definition) is 7. The fourth-order valence-corrected chi connectivity index (χ4v) is 5.18. The van der Waals surface area contributed by atoms with Crippen LogP contribution in [0.2, 0.25) is 0 Å². The Morgan fingerprint density at radius 3 is 2.32 bits per heavy atom. The van der Waals surface area contributed by atoms with Gasteiger partial charge in [0.25, 0.3) is 5.91 Å². The molecule has 0 radical (unpaired) electrons. The highest BCUT2D eigenvalue weighted by molar-refractivity contribution is 8.00. The van der Waals surface area contributed by atoms with Crippen molar-refractivity contribution < 1.29 is 29.0 Å². The van der Waals surface area contributed by atoms with Gasteiger partial charge in [-0.05, 0) is 16.7 Å². The van der Waals surface area contributed by atoms with E-state index in [-0.39, 0.29) is 12.3 Å². The molecule has 4 rings (SSSR count). The van der Waals surface area contributed by atoms with E-state index in [1.807, 2.05) is 60.7 Å². The van der Waals surface area contributed by atoms with E-state index >= 15 is 0 Å². The van der Waals surface area contributed by atoms with E-state index in [0.29, 0.717) is 11.3 Å². The number of nitrogens with zero attached hydrogens (tertiary/aromatic N) is 1. The normalized spacial score (nSPS) is 19.2. The van der Waals surface area contributed by atoms with Crippen molar-refractivity contribution in [2.24, 2.45) is 0 Å². The highest BCUT2D eigenvalue weighted by Gasteiger charge is 2.54. The molecule has 0 aromatic heterocycles. The van der Waals surface area contributed by atoms with Gasteiger partial charge in [-0.2, -0.15) is 0 Å². The fraction of sp³-hybridized carbons (Fsp3) is 0.240. The number of thioether (sulfide) groups is 1. The van der Waals surface area contributed by atoms with Gasteiger partial charge in [0.1, 0.15) is 23.7 Å². The van der Waals surface area contributed by atoms with E-state index < -0.39 is 42.1 Å². The van der Waals surface area contributed by atoms with Crippen molar-refractivity contribution in [2.75, 3.05) is 19.0 Å². The molecular formula is C25H24N2O6S. The summed E-state index contributed by atoms with van der Waals surface area (Å²) in [5, 5.41) is 11.9. The maximum absolute atomic E-state index is 13.4. The average molecular weight is 481 g/mol. The van der Waals surface area contributed by atoms with Gasteiger partial charge in [-0.1, -0.05) is 73.3 Å². The predicted octanol–water partition coefficient (Wildman–Crippen LogP) is 2.76. The molecule has 2 N–H and O–H groups in total. The van der Waals surface area contributed by atoms with Crippen molar-refractivity contribution in [2.45, 2.75) is 17.5 Å². The number of rotatable bonds is 8. The van der Waals surface area contributed by atoms with Crippen molar-refractivity contribution in [3.63, 3.8) is 0 Å². The molecule has 2 aromatic rings. The first-order chi connectivity index (χ1) is 16.5. The van der Waals surface area contributed by atoms with Gasteiger partial charge in [0.2, 0.25) is 0 Å². The highest BCUT2D eigenvalue weighted by atomic mass is 32.2. The lowest BCUT2D eigenvalue weighted by Gasteiger charge is -2.49. The molecule has 2 aliphatic heterocycles. The van der Waals surface area contributed by atoms with Crippen LogP contribution in [-0.2, 0) is 19.1 Å². The zero-order valence-corrected chi connectivity index (χ0v) is 19.1. The van der Waals surface area contributed by atoms with Gasteiger partial charge in [-0.25, -0.2) is 9.59 Å². The zero-order chi connectivity index (χ0) is 24.1. The molecule has 0 aliphatic carbocycles. The van der Waals surface area contributed by atoms with Crippen molar-refractivity contribution in [3.8, 4) is 0 Å². The summed E-state index contributed by atoms with van der Waals surface area (Å²) in [4.78, 5) is 39.5. The van der Waals surface area contributed by atoms with Crippen LogP contribution in [-0.4, -0.2) is 58.4 Å². The largest absolute Gasteiger partial charge is 0.448 e. The molecule has 9 heteroatoms. The summed E-state index contributed by atoms with van der Waals surface area (Å²) in [6.45, 7) is 3.10. The highest BCUT2D eigenvalue weighted by Crippen LogP contribution is 2.41. The van der Waals surface area contributed by atoms with Crippen LogP contribution in [0, 0.1) is 0 Å². The molecule has 2 heterocycles. The van der Waals surface area contributed by atoms with E-state index in [1.54, 1.807) is 0 Å². The van der Waals surface area contributed by atoms with Gasteiger partial charge in [0.05, 0.1) is 6.61 Å². The summed E-state index contributed by atoms with van der Waals surface area (Å²) in [6.07, 6.45) is -0.0215. The number of hydrogen-bond donors (Lipinski definition) is 2. The van der Waals surface area contributed by atoms with Crippen LogP contribution >= 0.6 is 11.8 Å². The summed E-state index contributed by atoms with van der Waals surface area (Å²) >= 11 is 1.35. The van der Waals surface area contributed by atoms with Crippen LogP contribution in [0.3, 0.4) is 0 Å².